The Kier molecular flexibility index (Phi) is 2.52. The summed E-state index contributed by atoms with van der Waals surface area (Å²) >= 11 is 0. The van der Waals surface area contributed by atoms with E-state index in [1.165, 1.54) is 0 Å². The van der Waals surface area contributed by atoms with E-state index < -0.39 is 16.0 Å². The zero-order valence-electron chi connectivity index (χ0n) is 6.59. The molecule has 0 aromatic carbocycles. The fourth-order valence-corrected chi connectivity index (χ4v) is 2.98. The molecule has 1 saturated heterocycles. The van der Waals surface area contributed by atoms with Crippen molar-refractivity contribution < 1.29 is 12.8 Å². The summed E-state index contributed by atoms with van der Waals surface area (Å²) in [5.41, 5.74) is 0. The Morgan fingerprint density at radius 2 is 2.09 bits per heavy atom. The Hall–Kier alpha value is -0.120. The molecule has 0 aromatic heterocycles. The third-order valence-electron chi connectivity index (χ3n) is 2.01. The maximum atomic E-state index is 12.8. The molecule has 4 heteroatoms. The van der Waals surface area contributed by atoms with Gasteiger partial charge in [-0.2, -0.15) is 0 Å². The summed E-state index contributed by atoms with van der Waals surface area (Å²) in [6.45, 7) is 1.90. The van der Waals surface area contributed by atoms with Gasteiger partial charge >= 0.3 is 0 Å². The molecular weight excluding hydrogens is 167 g/mol. The van der Waals surface area contributed by atoms with Crippen LogP contribution in [0.3, 0.4) is 0 Å². The van der Waals surface area contributed by atoms with Crippen LogP contribution >= 0.6 is 0 Å². The molecule has 2 unspecified atom stereocenters. The first kappa shape index (κ1) is 8.97. The monoisotopic (exact) mass is 180 g/mol. The zero-order chi connectivity index (χ0) is 8.48. The molecular formula is C7H13FO2S. The van der Waals surface area contributed by atoms with Gasteiger partial charge in [-0.25, -0.2) is 12.8 Å². The highest BCUT2D eigenvalue weighted by atomic mass is 32.2. The van der Waals surface area contributed by atoms with Gasteiger partial charge in [-0.15, -0.1) is 0 Å². The van der Waals surface area contributed by atoms with E-state index in [1.54, 1.807) is 0 Å². The second kappa shape index (κ2) is 3.09. The summed E-state index contributed by atoms with van der Waals surface area (Å²) in [7, 11) is -3.08. The lowest BCUT2D eigenvalue weighted by Gasteiger charge is -2.05. The molecule has 0 saturated carbocycles. The highest BCUT2D eigenvalue weighted by molar-refractivity contribution is 7.91. The standard InChI is InChI=1S/C7H13FO2S/c1-6-2-3-11(9,10)5-7(8)4-6/h6-7H,2-5H2,1H3. The molecule has 2 nitrogen and oxygen atoms in total. The van der Waals surface area contributed by atoms with E-state index in [0.29, 0.717) is 12.8 Å². The van der Waals surface area contributed by atoms with Crippen molar-refractivity contribution in [2.75, 3.05) is 11.5 Å². The number of halogens is 1. The molecule has 1 aliphatic rings. The topological polar surface area (TPSA) is 34.1 Å². The van der Waals surface area contributed by atoms with Crippen LogP contribution in [-0.4, -0.2) is 26.1 Å². The van der Waals surface area contributed by atoms with Gasteiger partial charge in [0.05, 0.1) is 11.5 Å². The minimum absolute atomic E-state index is 0.161. The Bertz CT molecular complexity index is 223. The minimum atomic E-state index is -3.08. The van der Waals surface area contributed by atoms with Crippen molar-refractivity contribution in [1.82, 2.24) is 0 Å². The van der Waals surface area contributed by atoms with Crippen LogP contribution < -0.4 is 0 Å². The predicted molar refractivity (Wildman–Crippen MR) is 41.9 cm³/mol. The molecule has 1 fully saturated rings. The molecule has 0 radical (unpaired) electrons. The third kappa shape index (κ3) is 2.77. The fraction of sp³-hybridized carbons (Fsp3) is 1.00. The quantitative estimate of drug-likeness (QED) is 0.560. The summed E-state index contributed by atoms with van der Waals surface area (Å²) < 4.78 is 34.8. The Labute approximate surface area is 66.7 Å². The molecule has 1 aliphatic heterocycles. The van der Waals surface area contributed by atoms with Crippen molar-refractivity contribution in [2.24, 2.45) is 5.92 Å². The fourth-order valence-electron chi connectivity index (χ4n) is 1.36. The van der Waals surface area contributed by atoms with Crippen LogP contribution in [0.15, 0.2) is 0 Å². The summed E-state index contributed by atoms with van der Waals surface area (Å²) in [6.07, 6.45) is -0.125. The van der Waals surface area contributed by atoms with Gasteiger partial charge in [0.15, 0.2) is 9.84 Å². The molecule has 0 spiro atoms. The molecule has 1 heterocycles. The normalized spacial score (nSPS) is 38.0. The first-order chi connectivity index (χ1) is 4.99. The number of sulfone groups is 1. The van der Waals surface area contributed by atoms with E-state index in [0.717, 1.165) is 0 Å². The second-order valence-corrected chi connectivity index (χ2v) is 5.57. The molecule has 66 valence electrons. The van der Waals surface area contributed by atoms with E-state index >= 15 is 0 Å². The third-order valence-corrected chi connectivity index (χ3v) is 3.74. The van der Waals surface area contributed by atoms with Gasteiger partial charge in [0.2, 0.25) is 0 Å². The Morgan fingerprint density at radius 1 is 1.45 bits per heavy atom. The molecule has 0 N–H and O–H groups in total. The number of rotatable bonds is 0. The van der Waals surface area contributed by atoms with E-state index in [2.05, 4.69) is 0 Å². The van der Waals surface area contributed by atoms with Crippen molar-refractivity contribution in [2.45, 2.75) is 25.9 Å². The minimum Gasteiger partial charge on any atom is -0.246 e. The number of hydrogen-bond acceptors (Lipinski definition) is 2. The van der Waals surface area contributed by atoms with Crippen molar-refractivity contribution in [3.8, 4) is 0 Å². The van der Waals surface area contributed by atoms with Crippen LogP contribution in [0.25, 0.3) is 0 Å². The van der Waals surface area contributed by atoms with E-state index in [1.807, 2.05) is 6.92 Å². The average molecular weight is 180 g/mol. The summed E-state index contributed by atoms with van der Waals surface area (Å²) in [5, 5.41) is 0. The summed E-state index contributed by atoms with van der Waals surface area (Å²) in [6, 6.07) is 0. The number of alkyl halides is 1. The average Bonchev–Trinajstić information content (AvgIpc) is 1.90. The van der Waals surface area contributed by atoms with Crippen LogP contribution in [0, 0.1) is 5.92 Å². The first-order valence-corrected chi connectivity index (χ1v) is 5.66. The van der Waals surface area contributed by atoms with Crippen LogP contribution in [0.1, 0.15) is 19.8 Å². The summed E-state index contributed by atoms with van der Waals surface area (Å²) in [4.78, 5) is 0. The van der Waals surface area contributed by atoms with Crippen molar-refractivity contribution in [1.29, 1.82) is 0 Å². The van der Waals surface area contributed by atoms with Gasteiger partial charge in [-0.3, -0.25) is 0 Å². The van der Waals surface area contributed by atoms with Crippen molar-refractivity contribution in [3.05, 3.63) is 0 Å². The van der Waals surface area contributed by atoms with Gasteiger partial charge in [-0.05, 0) is 18.8 Å². The van der Waals surface area contributed by atoms with Gasteiger partial charge in [0.1, 0.15) is 6.17 Å². The van der Waals surface area contributed by atoms with Crippen LogP contribution in [0.5, 0.6) is 0 Å². The lowest BCUT2D eigenvalue weighted by Crippen LogP contribution is -2.16. The van der Waals surface area contributed by atoms with Crippen molar-refractivity contribution >= 4 is 9.84 Å². The van der Waals surface area contributed by atoms with Gasteiger partial charge < -0.3 is 0 Å². The van der Waals surface area contributed by atoms with Crippen molar-refractivity contribution in [3.63, 3.8) is 0 Å². The molecule has 11 heavy (non-hydrogen) atoms. The Balaban J connectivity index is 2.68. The van der Waals surface area contributed by atoms with E-state index in [9.17, 15) is 12.8 Å². The first-order valence-electron chi connectivity index (χ1n) is 3.84. The highest BCUT2D eigenvalue weighted by Gasteiger charge is 2.25. The maximum Gasteiger partial charge on any atom is 0.153 e. The summed E-state index contributed by atoms with van der Waals surface area (Å²) in [5.74, 6) is 0.105. The Morgan fingerprint density at radius 3 is 2.73 bits per heavy atom. The van der Waals surface area contributed by atoms with Crippen LogP contribution in [0.2, 0.25) is 0 Å². The van der Waals surface area contributed by atoms with Crippen LogP contribution in [-0.2, 0) is 9.84 Å². The van der Waals surface area contributed by atoms with Gasteiger partial charge in [0.25, 0.3) is 0 Å². The highest BCUT2D eigenvalue weighted by Crippen LogP contribution is 2.20. The van der Waals surface area contributed by atoms with E-state index in [-0.39, 0.29) is 17.4 Å². The zero-order valence-corrected chi connectivity index (χ0v) is 7.40. The largest absolute Gasteiger partial charge is 0.246 e. The molecule has 0 bridgehead atoms. The van der Waals surface area contributed by atoms with Crippen LogP contribution in [0.4, 0.5) is 4.39 Å². The smallest absolute Gasteiger partial charge is 0.153 e. The van der Waals surface area contributed by atoms with Gasteiger partial charge in [-0.1, -0.05) is 6.92 Å². The lowest BCUT2D eigenvalue weighted by molar-refractivity contribution is 0.303. The SMILES string of the molecule is CC1CCS(=O)(=O)CC(F)C1. The molecule has 0 aromatic rings. The second-order valence-electron chi connectivity index (χ2n) is 3.34. The predicted octanol–water partition coefficient (Wildman–Crippen LogP) is 1.17. The van der Waals surface area contributed by atoms with E-state index in [4.69, 9.17) is 0 Å². The maximum absolute atomic E-state index is 12.8. The number of hydrogen-bond donors (Lipinski definition) is 0. The molecule has 0 aliphatic carbocycles. The molecule has 1 rings (SSSR count). The molecule has 0 amide bonds. The lowest BCUT2D eigenvalue weighted by atomic mass is 10.0. The van der Waals surface area contributed by atoms with Gasteiger partial charge in [0, 0.05) is 0 Å². The molecule has 2 atom stereocenters.